The molecule has 0 aliphatic carbocycles. The normalized spacial score (nSPS) is 35.2. The Labute approximate surface area is 65.7 Å². The summed E-state index contributed by atoms with van der Waals surface area (Å²) < 4.78 is 10.3. The van der Waals surface area contributed by atoms with Crippen LogP contribution in [0, 0.1) is 0 Å². The van der Waals surface area contributed by atoms with E-state index in [1.165, 1.54) is 0 Å². The van der Waals surface area contributed by atoms with Gasteiger partial charge in [-0.25, -0.2) is 0 Å². The zero-order valence-electron chi connectivity index (χ0n) is 6.62. The highest BCUT2D eigenvalue weighted by molar-refractivity contribution is 4.87. The third-order valence-electron chi connectivity index (χ3n) is 1.99. The summed E-state index contributed by atoms with van der Waals surface area (Å²) in [5, 5.41) is 18.2. The van der Waals surface area contributed by atoms with Crippen molar-refractivity contribution in [3.05, 3.63) is 0 Å². The van der Waals surface area contributed by atoms with Gasteiger partial charge in [0.2, 0.25) is 0 Å². The minimum absolute atomic E-state index is 0.204. The van der Waals surface area contributed by atoms with Crippen LogP contribution in [0.1, 0.15) is 6.92 Å². The van der Waals surface area contributed by atoms with Crippen molar-refractivity contribution in [3.8, 4) is 0 Å². The van der Waals surface area contributed by atoms with E-state index in [1.807, 2.05) is 0 Å². The molecule has 0 aromatic carbocycles. The van der Waals surface area contributed by atoms with Crippen molar-refractivity contribution in [2.45, 2.75) is 18.6 Å². The molecule has 0 radical (unpaired) electrons. The molecule has 1 rings (SSSR count). The van der Waals surface area contributed by atoms with Crippen LogP contribution in [-0.4, -0.2) is 48.3 Å². The van der Waals surface area contributed by atoms with E-state index in [0.29, 0.717) is 13.2 Å². The van der Waals surface area contributed by atoms with E-state index in [2.05, 4.69) is 0 Å². The van der Waals surface area contributed by atoms with Gasteiger partial charge in [0.05, 0.1) is 32.5 Å². The number of aliphatic hydroxyl groups excluding tert-OH is 2. The molecule has 1 aliphatic rings. The molecule has 0 bridgehead atoms. The fourth-order valence-corrected chi connectivity index (χ4v) is 1.06. The van der Waals surface area contributed by atoms with E-state index in [1.54, 1.807) is 6.92 Å². The van der Waals surface area contributed by atoms with Gasteiger partial charge in [-0.05, 0) is 6.92 Å². The molecule has 1 saturated heterocycles. The molecule has 2 N–H and O–H groups in total. The standard InChI is InChI=1S/C7H14O4/c1-6(9)7(4-8)5-10-2-3-11-7/h6,8-9H,2-5H2,1H3. The molecule has 2 atom stereocenters. The average molecular weight is 162 g/mol. The molecule has 0 amide bonds. The highest BCUT2D eigenvalue weighted by Crippen LogP contribution is 2.19. The quantitative estimate of drug-likeness (QED) is 0.555. The van der Waals surface area contributed by atoms with E-state index in [9.17, 15) is 5.11 Å². The third-order valence-corrected chi connectivity index (χ3v) is 1.99. The molecule has 66 valence electrons. The Balaban J connectivity index is 2.57. The number of aliphatic hydroxyl groups is 2. The average Bonchev–Trinajstić information content (AvgIpc) is 2.05. The molecule has 0 aromatic heterocycles. The third kappa shape index (κ3) is 1.70. The molecule has 4 nitrogen and oxygen atoms in total. The fraction of sp³-hybridized carbons (Fsp3) is 1.00. The maximum Gasteiger partial charge on any atom is 0.140 e. The molecule has 1 heterocycles. The lowest BCUT2D eigenvalue weighted by Crippen LogP contribution is -2.54. The molecule has 1 aliphatic heterocycles. The summed E-state index contributed by atoms with van der Waals surface area (Å²) in [6.45, 7) is 2.62. The van der Waals surface area contributed by atoms with E-state index < -0.39 is 11.7 Å². The van der Waals surface area contributed by atoms with Crippen molar-refractivity contribution in [1.29, 1.82) is 0 Å². The summed E-state index contributed by atoms with van der Waals surface area (Å²) in [6.07, 6.45) is -0.701. The monoisotopic (exact) mass is 162 g/mol. The Morgan fingerprint density at radius 1 is 1.55 bits per heavy atom. The van der Waals surface area contributed by atoms with Crippen LogP contribution in [0.15, 0.2) is 0 Å². The SMILES string of the molecule is CC(O)C1(CO)COCCO1. The van der Waals surface area contributed by atoms with Gasteiger partial charge in [-0.3, -0.25) is 0 Å². The minimum atomic E-state index is -0.891. The summed E-state index contributed by atoms with van der Waals surface area (Å²) in [4.78, 5) is 0. The zero-order chi connectivity index (χ0) is 8.32. The minimum Gasteiger partial charge on any atom is -0.393 e. The first kappa shape index (κ1) is 8.93. The van der Waals surface area contributed by atoms with Crippen LogP contribution < -0.4 is 0 Å². The number of ether oxygens (including phenoxy) is 2. The molecular formula is C7H14O4. The molecule has 4 heteroatoms. The molecular weight excluding hydrogens is 148 g/mol. The van der Waals surface area contributed by atoms with Gasteiger partial charge in [0.25, 0.3) is 0 Å². The van der Waals surface area contributed by atoms with Crippen LogP contribution in [0.25, 0.3) is 0 Å². The lowest BCUT2D eigenvalue weighted by Gasteiger charge is -2.37. The summed E-state index contributed by atoms with van der Waals surface area (Å²) in [6, 6.07) is 0. The number of hydrogen-bond donors (Lipinski definition) is 2. The Bertz CT molecular complexity index is 118. The highest BCUT2D eigenvalue weighted by Gasteiger charge is 2.38. The van der Waals surface area contributed by atoms with Gasteiger partial charge < -0.3 is 19.7 Å². The molecule has 1 fully saturated rings. The lowest BCUT2D eigenvalue weighted by atomic mass is 9.99. The van der Waals surface area contributed by atoms with Gasteiger partial charge in [-0.15, -0.1) is 0 Å². The number of hydrogen-bond acceptors (Lipinski definition) is 4. The van der Waals surface area contributed by atoms with Gasteiger partial charge in [-0.1, -0.05) is 0 Å². The topological polar surface area (TPSA) is 58.9 Å². The van der Waals surface area contributed by atoms with Crippen molar-refractivity contribution < 1.29 is 19.7 Å². The predicted molar refractivity (Wildman–Crippen MR) is 38.3 cm³/mol. The van der Waals surface area contributed by atoms with Crippen molar-refractivity contribution >= 4 is 0 Å². The molecule has 0 spiro atoms. The van der Waals surface area contributed by atoms with Crippen LogP contribution in [0.5, 0.6) is 0 Å². The Kier molecular flexibility index (Phi) is 2.84. The van der Waals surface area contributed by atoms with Gasteiger partial charge >= 0.3 is 0 Å². The van der Waals surface area contributed by atoms with Crippen molar-refractivity contribution in [1.82, 2.24) is 0 Å². The van der Waals surface area contributed by atoms with Gasteiger partial charge in [-0.2, -0.15) is 0 Å². The summed E-state index contributed by atoms with van der Waals surface area (Å²) in [5.74, 6) is 0. The van der Waals surface area contributed by atoms with Gasteiger partial charge in [0.1, 0.15) is 5.60 Å². The van der Waals surface area contributed by atoms with E-state index in [4.69, 9.17) is 14.6 Å². The molecule has 0 saturated carbocycles. The Morgan fingerprint density at radius 2 is 2.27 bits per heavy atom. The Hall–Kier alpha value is -0.160. The second-order valence-electron chi connectivity index (χ2n) is 2.80. The first-order chi connectivity index (χ1) is 5.21. The second kappa shape index (κ2) is 3.49. The van der Waals surface area contributed by atoms with Crippen LogP contribution in [-0.2, 0) is 9.47 Å². The van der Waals surface area contributed by atoms with E-state index in [-0.39, 0.29) is 13.2 Å². The second-order valence-corrected chi connectivity index (χ2v) is 2.80. The predicted octanol–water partition coefficient (Wildman–Crippen LogP) is -0.855. The van der Waals surface area contributed by atoms with Crippen molar-refractivity contribution in [2.24, 2.45) is 0 Å². The van der Waals surface area contributed by atoms with E-state index >= 15 is 0 Å². The van der Waals surface area contributed by atoms with Crippen LogP contribution in [0.4, 0.5) is 0 Å². The van der Waals surface area contributed by atoms with Gasteiger partial charge in [0.15, 0.2) is 0 Å². The summed E-state index contributed by atoms with van der Waals surface area (Å²) >= 11 is 0. The highest BCUT2D eigenvalue weighted by atomic mass is 16.6. The van der Waals surface area contributed by atoms with Crippen molar-refractivity contribution in [3.63, 3.8) is 0 Å². The molecule has 2 unspecified atom stereocenters. The lowest BCUT2D eigenvalue weighted by molar-refractivity contribution is -0.213. The van der Waals surface area contributed by atoms with Crippen molar-refractivity contribution in [2.75, 3.05) is 26.4 Å². The smallest absolute Gasteiger partial charge is 0.140 e. The summed E-state index contributed by atoms with van der Waals surface area (Å²) in [7, 11) is 0. The largest absolute Gasteiger partial charge is 0.393 e. The summed E-state index contributed by atoms with van der Waals surface area (Å²) in [5.41, 5.74) is -0.891. The Morgan fingerprint density at radius 3 is 2.55 bits per heavy atom. The zero-order valence-corrected chi connectivity index (χ0v) is 6.62. The first-order valence-corrected chi connectivity index (χ1v) is 3.72. The van der Waals surface area contributed by atoms with Crippen LogP contribution in [0.2, 0.25) is 0 Å². The maximum absolute atomic E-state index is 9.26. The first-order valence-electron chi connectivity index (χ1n) is 3.72. The fourth-order valence-electron chi connectivity index (χ4n) is 1.06. The van der Waals surface area contributed by atoms with Gasteiger partial charge in [0, 0.05) is 0 Å². The van der Waals surface area contributed by atoms with Crippen LogP contribution >= 0.6 is 0 Å². The van der Waals surface area contributed by atoms with Crippen LogP contribution in [0.3, 0.4) is 0 Å². The molecule has 11 heavy (non-hydrogen) atoms. The molecule has 0 aromatic rings. The maximum atomic E-state index is 9.26. The number of rotatable bonds is 2. The van der Waals surface area contributed by atoms with E-state index in [0.717, 1.165) is 0 Å².